The van der Waals surface area contributed by atoms with Gasteiger partial charge in [0.1, 0.15) is 5.75 Å². The van der Waals surface area contributed by atoms with Crippen LogP contribution in [0.5, 0.6) is 5.75 Å². The van der Waals surface area contributed by atoms with Gasteiger partial charge in [0.2, 0.25) is 15.8 Å². The van der Waals surface area contributed by atoms with Crippen LogP contribution in [0.3, 0.4) is 0 Å². The average Bonchev–Trinajstić information content (AvgIpc) is 3.03. The summed E-state index contributed by atoms with van der Waals surface area (Å²) in [6.45, 7) is 11.3. The number of hydrogen-bond donors (Lipinski definition) is 3. The lowest BCUT2D eigenvalue weighted by Gasteiger charge is -2.33. The third kappa shape index (κ3) is 12.6. The summed E-state index contributed by atoms with van der Waals surface area (Å²) >= 11 is 0. The van der Waals surface area contributed by atoms with Crippen LogP contribution in [0, 0.1) is 0 Å². The molecule has 4 rings (SSSR count). The number of aliphatic hydroxyl groups is 1. The third-order valence-corrected chi connectivity index (χ3v) is 9.63. The maximum atomic E-state index is 12.7. The van der Waals surface area contributed by atoms with Crippen LogP contribution in [0.4, 0.5) is 0 Å². The number of unbranched alkanes of at least 4 members (excludes halogenated alkanes) is 4. The van der Waals surface area contributed by atoms with Crippen LogP contribution in [0.2, 0.25) is 0 Å². The Kier molecular flexibility index (Phi) is 14.5. The van der Waals surface area contributed by atoms with Crippen molar-refractivity contribution in [3.63, 3.8) is 0 Å². The monoisotopic (exact) mass is 647 g/mol. The van der Waals surface area contributed by atoms with Crippen LogP contribution >= 0.6 is 0 Å². The van der Waals surface area contributed by atoms with E-state index in [1.807, 2.05) is 44.2 Å². The molecule has 3 N–H and O–H groups in total. The Balaban J connectivity index is 0.977. The molecule has 2 aromatic carbocycles. The topological polar surface area (TPSA) is 119 Å². The van der Waals surface area contributed by atoms with Crippen LogP contribution < -0.4 is 14.8 Å². The minimum atomic E-state index is -3.52. The summed E-state index contributed by atoms with van der Waals surface area (Å²) in [5, 5.41) is 13.9. The lowest BCUT2D eigenvalue weighted by atomic mass is 10.0. The van der Waals surface area contributed by atoms with E-state index < -0.39 is 21.9 Å². The first-order chi connectivity index (χ1) is 21.7. The van der Waals surface area contributed by atoms with Crippen molar-refractivity contribution in [1.82, 2.24) is 14.9 Å². The van der Waals surface area contributed by atoms with Gasteiger partial charge in [0, 0.05) is 65.3 Å². The van der Waals surface area contributed by atoms with E-state index in [4.69, 9.17) is 18.9 Å². The zero-order chi connectivity index (χ0) is 32.0. The quantitative estimate of drug-likeness (QED) is 0.182. The Hall–Kier alpha value is -2.09. The summed E-state index contributed by atoms with van der Waals surface area (Å²) in [7, 11) is -3.52. The molecule has 2 aliphatic rings. The van der Waals surface area contributed by atoms with Gasteiger partial charge in [-0.2, -0.15) is 0 Å². The molecule has 10 nitrogen and oxygen atoms in total. The number of rotatable bonds is 20. The number of nitrogens with zero attached hydrogens (tertiary/aromatic N) is 1. The zero-order valence-corrected chi connectivity index (χ0v) is 27.9. The van der Waals surface area contributed by atoms with Crippen molar-refractivity contribution in [2.75, 3.05) is 65.7 Å². The molecule has 0 aliphatic carbocycles. The minimum Gasteiger partial charge on any atom is -0.463 e. The normalized spacial score (nSPS) is 17.5. The molecule has 0 spiro atoms. The molecule has 0 unspecified atom stereocenters. The van der Waals surface area contributed by atoms with Crippen LogP contribution in [0.15, 0.2) is 47.4 Å². The van der Waals surface area contributed by atoms with Gasteiger partial charge in [0.05, 0.1) is 30.8 Å². The van der Waals surface area contributed by atoms with Gasteiger partial charge < -0.3 is 29.4 Å². The molecule has 0 aromatic heterocycles. The second-order valence-electron chi connectivity index (χ2n) is 12.4. The van der Waals surface area contributed by atoms with Gasteiger partial charge in [-0.25, -0.2) is 13.1 Å². The SMILES string of the molecule is CC1(C)OCc2cc([C@H](O)CNCCCCCCOCCCCc3cccc(S(=O)(=O)NCCN4CCOCC4)c3)ccc2O1. The number of aliphatic hydroxyl groups excluding tert-OH is 1. The van der Waals surface area contributed by atoms with Crippen molar-refractivity contribution >= 4 is 10.0 Å². The van der Waals surface area contributed by atoms with Gasteiger partial charge in [0.15, 0.2) is 0 Å². The molecular weight excluding hydrogens is 594 g/mol. The van der Waals surface area contributed by atoms with Gasteiger partial charge in [-0.3, -0.25) is 4.90 Å². The van der Waals surface area contributed by atoms with Crippen molar-refractivity contribution in [1.29, 1.82) is 0 Å². The first-order valence-electron chi connectivity index (χ1n) is 16.5. The Labute approximate surface area is 269 Å². The van der Waals surface area contributed by atoms with Gasteiger partial charge in [-0.05, 0) is 74.0 Å². The Bertz CT molecular complexity index is 1270. The molecule has 1 fully saturated rings. The van der Waals surface area contributed by atoms with Crippen molar-refractivity contribution in [3.8, 4) is 5.75 Å². The standard InChI is InChI=1S/C34H53N3O7S/c1-34(2)43-27-30-25-29(13-14-33(30)44-34)32(38)26-35-15-6-3-4-7-20-41-21-8-5-10-28-11-9-12-31(24-28)45(39,40)36-16-17-37-18-22-42-23-19-37/h9,11-14,24-25,32,35-36,38H,3-8,10,15-23,26-27H2,1-2H3/t32-/m1/s1. The summed E-state index contributed by atoms with van der Waals surface area (Å²) in [5.74, 6) is 0.200. The highest BCUT2D eigenvalue weighted by Crippen LogP contribution is 2.32. The number of aryl methyl sites for hydroxylation is 1. The highest BCUT2D eigenvalue weighted by molar-refractivity contribution is 7.89. The van der Waals surface area contributed by atoms with Gasteiger partial charge in [-0.15, -0.1) is 0 Å². The highest BCUT2D eigenvalue weighted by atomic mass is 32.2. The average molecular weight is 648 g/mol. The van der Waals surface area contributed by atoms with Crippen LogP contribution in [-0.2, 0) is 37.3 Å². The molecule has 45 heavy (non-hydrogen) atoms. The molecule has 1 atom stereocenters. The van der Waals surface area contributed by atoms with E-state index in [-0.39, 0.29) is 0 Å². The molecule has 0 radical (unpaired) electrons. The number of benzene rings is 2. The lowest BCUT2D eigenvalue weighted by Crippen LogP contribution is -2.41. The van der Waals surface area contributed by atoms with Crippen molar-refractivity contribution < 1.29 is 32.5 Å². The summed E-state index contributed by atoms with van der Waals surface area (Å²) in [5.41, 5.74) is 2.87. The summed E-state index contributed by atoms with van der Waals surface area (Å²) in [6.07, 6.45) is 6.51. The fourth-order valence-corrected chi connectivity index (χ4v) is 6.57. The zero-order valence-electron chi connectivity index (χ0n) is 27.1. The first-order valence-corrected chi connectivity index (χ1v) is 18.0. The minimum absolute atomic E-state index is 0.328. The number of morpholine rings is 1. The maximum absolute atomic E-state index is 12.7. The predicted molar refractivity (Wildman–Crippen MR) is 175 cm³/mol. The molecule has 11 heteroatoms. The molecule has 1 saturated heterocycles. The second kappa shape index (κ2) is 18.3. The summed E-state index contributed by atoms with van der Waals surface area (Å²) in [4.78, 5) is 2.54. The van der Waals surface area contributed by atoms with Crippen molar-refractivity contribution in [2.45, 2.75) is 82.2 Å². The number of hydrogen-bond acceptors (Lipinski definition) is 9. The van der Waals surface area contributed by atoms with Crippen LogP contribution in [0.1, 0.15) is 75.2 Å². The third-order valence-electron chi connectivity index (χ3n) is 8.17. The molecule has 2 heterocycles. The Morgan fingerprint density at radius 1 is 0.978 bits per heavy atom. The molecule has 0 bridgehead atoms. The van der Waals surface area contributed by atoms with Crippen LogP contribution in [0.25, 0.3) is 0 Å². The van der Waals surface area contributed by atoms with E-state index in [0.717, 1.165) is 100 Å². The van der Waals surface area contributed by atoms with E-state index in [9.17, 15) is 13.5 Å². The molecule has 2 aromatic rings. The van der Waals surface area contributed by atoms with Crippen molar-refractivity contribution in [2.24, 2.45) is 0 Å². The molecular formula is C34H53N3O7S. The van der Waals surface area contributed by atoms with E-state index in [1.165, 1.54) is 0 Å². The van der Waals surface area contributed by atoms with Gasteiger partial charge in [0.25, 0.3) is 0 Å². The molecule has 252 valence electrons. The number of nitrogens with one attached hydrogen (secondary N) is 2. The maximum Gasteiger partial charge on any atom is 0.240 e. The first kappa shape index (κ1) is 35.8. The van der Waals surface area contributed by atoms with E-state index in [2.05, 4.69) is 14.9 Å². The summed E-state index contributed by atoms with van der Waals surface area (Å²) < 4.78 is 50.9. The van der Waals surface area contributed by atoms with E-state index >= 15 is 0 Å². The number of fused-ring (bicyclic) bond motifs is 1. The Morgan fingerprint density at radius 3 is 2.58 bits per heavy atom. The van der Waals surface area contributed by atoms with E-state index in [1.54, 1.807) is 12.1 Å². The molecule has 2 aliphatic heterocycles. The predicted octanol–water partition coefficient (Wildman–Crippen LogP) is 4.17. The summed E-state index contributed by atoms with van der Waals surface area (Å²) in [6, 6.07) is 13.1. The van der Waals surface area contributed by atoms with Crippen LogP contribution in [-0.4, -0.2) is 89.9 Å². The highest BCUT2D eigenvalue weighted by Gasteiger charge is 2.27. The smallest absolute Gasteiger partial charge is 0.240 e. The number of sulfonamides is 1. The largest absolute Gasteiger partial charge is 0.463 e. The van der Waals surface area contributed by atoms with Crippen molar-refractivity contribution in [3.05, 3.63) is 59.2 Å². The second-order valence-corrected chi connectivity index (χ2v) is 14.1. The molecule has 0 saturated carbocycles. The number of ether oxygens (including phenoxy) is 4. The fourth-order valence-electron chi connectivity index (χ4n) is 5.48. The van der Waals surface area contributed by atoms with E-state index in [0.29, 0.717) is 44.4 Å². The van der Waals surface area contributed by atoms with Gasteiger partial charge >= 0.3 is 0 Å². The molecule has 0 amide bonds. The lowest BCUT2D eigenvalue weighted by molar-refractivity contribution is -0.180. The fraction of sp³-hybridized carbons (Fsp3) is 0.647. The van der Waals surface area contributed by atoms with Gasteiger partial charge in [-0.1, -0.05) is 31.0 Å². The Morgan fingerprint density at radius 2 is 1.76 bits per heavy atom.